The second kappa shape index (κ2) is 5.08. The van der Waals surface area contributed by atoms with Crippen LogP contribution in [0.2, 0.25) is 10.0 Å². The molecular formula is C14H6Cl2N2O4. The molecule has 0 radical (unpaired) electrons. The largest absolute Gasteiger partial charge is 0.477 e. The second-order valence-corrected chi connectivity index (χ2v) is 5.26. The topological polar surface area (TPSA) is 100 Å². The van der Waals surface area contributed by atoms with Gasteiger partial charge >= 0.3 is 11.9 Å². The number of carboxylic acids is 2. The van der Waals surface area contributed by atoms with Gasteiger partial charge < -0.3 is 10.2 Å². The Morgan fingerprint density at radius 1 is 0.818 bits per heavy atom. The summed E-state index contributed by atoms with van der Waals surface area (Å²) >= 11 is 12.1. The molecule has 2 N–H and O–H groups in total. The zero-order valence-electron chi connectivity index (χ0n) is 10.7. The Bertz CT molecular complexity index is 893. The van der Waals surface area contributed by atoms with Crippen molar-refractivity contribution in [2.75, 3.05) is 0 Å². The van der Waals surface area contributed by atoms with Crippen LogP contribution in [0.15, 0.2) is 24.3 Å². The van der Waals surface area contributed by atoms with Crippen LogP contribution in [-0.4, -0.2) is 32.1 Å². The van der Waals surface area contributed by atoms with Crippen LogP contribution in [0, 0.1) is 0 Å². The first-order valence-corrected chi connectivity index (χ1v) is 6.70. The maximum absolute atomic E-state index is 11.1. The molecular weight excluding hydrogens is 331 g/mol. The van der Waals surface area contributed by atoms with Crippen LogP contribution in [0.4, 0.5) is 0 Å². The normalized spacial score (nSPS) is 11.0. The number of pyridine rings is 2. The maximum atomic E-state index is 11.1. The molecule has 0 amide bonds. The number of nitrogens with zero attached hydrogens (tertiary/aromatic N) is 2. The average molecular weight is 337 g/mol. The van der Waals surface area contributed by atoms with Gasteiger partial charge in [0.1, 0.15) is 11.4 Å². The summed E-state index contributed by atoms with van der Waals surface area (Å²) in [6.45, 7) is 0. The first kappa shape index (κ1) is 14.5. The second-order valence-electron chi connectivity index (χ2n) is 4.45. The molecule has 0 fully saturated rings. The fourth-order valence-electron chi connectivity index (χ4n) is 2.11. The van der Waals surface area contributed by atoms with E-state index in [1.807, 2.05) is 0 Å². The standard InChI is InChI=1S/C14H6Cl2N2O4/c15-7-3-9(13(19)20)17-11-5(7)1-2-6-8(16)4-10(14(21)22)18-12(6)11/h1-4H,(H,19,20)(H,21,22). The number of hydrogen-bond donors (Lipinski definition) is 2. The van der Waals surface area contributed by atoms with E-state index in [9.17, 15) is 9.59 Å². The molecule has 0 saturated carbocycles. The Hall–Kier alpha value is -2.44. The van der Waals surface area contributed by atoms with Crippen LogP contribution in [-0.2, 0) is 0 Å². The third-order valence-electron chi connectivity index (χ3n) is 3.10. The van der Waals surface area contributed by atoms with E-state index in [0.717, 1.165) is 0 Å². The summed E-state index contributed by atoms with van der Waals surface area (Å²) in [4.78, 5) is 30.2. The van der Waals surface area contributed by atoms with Crippen molar-refractivity contribution < 1.29 is 19.8 Å². The molecule has 8 heteroatoms. The lowest BCUT2D eigenvalue weighted by Gasteiger charge is -2.08. The number of aromatic nitrogens is 2. The first-order valence-electron chi connectivity index (χ1n) is 5.94. The van der Waals surface area contributed by atoms with E-state index in [-0.39, 0.29) is 32.5 Å². The van der Waals surface area contributed by atoms with Crippen molar-refractivity contribution in [2.45, 2.75) is 0 Å². The monoisotopic (exact) mass is 336 g/mol. The van der Waals surface area contributed by atoms with Crippen LogP contribution in [0.1, 0.15) is 21.0 Å². The van der Waals surface area contributed by atoms with Crippen LogP contribution in [0.3, 0.4) is 0 Å². The number of hydrogen-bond acceptors (Lipinski definition) is 4. The fraction of sp³-hybridized carbons (Fsp3) is 0. The molecule has 0 saturated heterocycles. The summed E-state index contributed by atoms with van der Waals surface area (Å²) in [6.07, 6.45) is 0. The van der Waals surface area contributed by atoms with E-state index in [4.69, 9.17) is 33.4 Å². The fourth-order valence-corrected chi connectivity index (χ4v) is 2.62. The SMILES string of the molecule is O=C(O)c1cc(Cl)c2ccc3c(Cl)cc(C(=O)O)nc3c2n1. The van der Waals surface area contributed by atoms with E-state index in [0.29, 0.717) is 10.8 Å². The predicted octanol–water partition coefficient (Wildman–Crippen LogP) is 3.49. The molecule has 22 heavy (non-hydrogen) atoms. The van der Waals surface area contributed by atoms with Gasteiger partial charge in [0, 0.05) is 10.8 Å². The van der Waals surface area contributed by atoms with E-state index >= 15 is 0 Å². The van der Waals surface area contributed by atoms with Gasteiger partial charge in [0.2, 0.25) is 0 Å². The molecule has 2 aromatic heterocycles. The van der Waals surface area contributed by atoms with Crippen molar-refractivity contribution in [1.29, 1.82) is 0 Å². The number of rotatable bonds is 2. The van der Waals surface area contributed by atoms with Crippen LogP contribution >= 0.6 is 23.2 Å². The van der Waals surface area contributed by atoms with Crippen LogP contribution < -0.4 is 0 Å². The maximum Gasteiger partial charge on any atom is 0.354 e. The van der Waals surface area contributed by atoms with Gasteiger partial charge in [0.25, 0.3) is 0 Å². The molecule has 0 bridgehead atoms. The molecule has 2 heterocycles. The van der Waals surface area contributed by atoms with E-state index in [1.165, 1.54) is 12.1 Å². The Kier molecular flexibility index (Phi) is 3.35. The quantitative estimate of drug-likeness (QED) is 0.694. The highest BCUT2D eigenvalue weighted by Crippen LogP contribution is 2.32. The lowest BCUT2D eigenvalue weighted by Crippen LogP contribution is -2.03. The molecule has 3 aromatic rings. The summed E-state index contributed by atoms with van der Waals surface area (Å²) in [6, 6.07) is 5.71. The smallest absolute Gasteiger partial charge is 0.354 e. The molecule has 0 aliphatic heterocycles. The van der Waals surface area contributed by atoms with Gasteiger partial charge in [-0.3, -0.25) is 0 Å². The van der Waals surface area contributed by atoms with Gasteiger partial charge in [-0.1, -0.05) is 35.3 Å². The number of fused-ring (bicyclic) bond motifs is 3. The third kappa shape index (κ3) is 2.22. The molecule has 6 nitrogen and oxygen atoms in total. The molecule has 0 aliphatic rings. The van der Waals surface area contributed by atoms with Crippen molar-refractivity contribution in [3.05, 3.63) is 45.7 Å². The summed E-state index contributed by atoms with van der Waals surface area (Å²) < 4.78 is 0. The van der Waals surface area contributed by atoms with Crippen molar-refractivity contribution in [3.8, 4) is 0 Å². The zero-order valence-corrected chi connectivity index (χ0v) is 12.2. The summed E-state index contributed by atoms with van der Waals surface area (Å²) in [7, 11) is 0. The minimum Gasteiger partial charge on any atom is -0.477 e. The van der Waals surface area contributed by atoms with Gasteiger partial charge in [-0.15, -0.1) is 0 Å². The molecule has 0 aliphatic carbocycles. The van der Waals surface area contributed by atoms with E-state index in [2.05, 4.69) is 9.97 Å². The number of benzene rings is 1. The van der Waals surface area contributed by atoms with Gasteiger partial charge in [-0.05, 0) is 12.1 Å². The van der Waals surface area contributed by atoms with Crippen molar-refractivity contribution in [2.24, 2.45) is 0 Å². The van der Waals surface area contributed by atoms with Crippen molar-refractivity contribution >= 4 is 56.9 Å². The molecule has 0 atom stereocenters. The summed E-state index contributed by atoms with van der Waals surface area (Å²) in [5.74, 6) is -2.50. The Balaban J connectivity index is 2.52. The number of aromatic carboxylic acids is 2. The number of halogens is 2. The lowest BCUT2D eigenvalue weighted by atomic mass is 10.1. The van der Waals surface area contributed by atoms with E-state index < -0.39 is 11.9 Å². The molecule has 110 valence electrons. The highest BCUT2D eigenvalue weighted by molar-refractivity contribution is 6.38. The van der Waals surface area contributed by atoms with Gasteiger partial charge in [0.15, 0.2) is 0 Å². The number of carboxylic acid groups (broad SMARTS) is 2. The highest BCUT2D eigenvalue weighted by atomic mass is 35.5. The minimum absolute atomic E-state index is 0.183. The minimum atomic E-state index is -1.25. The highest BCUT2D eigenvalue weighted by Gasteiger charge is 2.16. The van der Waals surface area contributed by atoms with Gasteiger partial charge in [-0.25, -0.2) is 19.6 Å². The summed E-state index contributed by atoms with van der Waals surface area (Å²) in [5.41, 5.74) is -0.146. The Morgan fingerprint density at radius 3 is 1.50 bits per heavy atom. The van der Waals surface area contributed by atoms with Crippen LogP contribution in [0.5, 0.6) is 0 Å². The molecule has 0 spiro atoms. The van der Waals surface area contributed by atoms with Crippen LogP contribution in [0.25, 0.3) is 21.8 Å². The number of carbonyl (C=O) groups is 2. The first-order chi connectivity index (χ1) is 10.4. The molecule has 1 aromatic carbocycles. The van der Waals surface area contributed by atoms with Crippen molar-refractivity contribution in [1.82, 2.24) is 9.97 Å². The lowest BCUT2D eigenvalue weighted by molar-refractivity contribution is 0.0680. The Labute approximate surface area is 132 Å². The molecule has 3 rings (SSSR count). The zero-order chi connectivity index (χ0) is 16.0. The van der Waals surface area contributed by atoms with E-state index in [1.54, 1.807) is 12.1 Å². The molecule has 0 unspecified atom stereocenters. The average Bonchev–Trinajstić information content (AvgIpc) is 2.46. The third-order valence-corrected chi connectivity index (χ3v) is 3.72. The van der Waals surface area contributed by atoms with Gasteiger partial charge in [0.05, 0.1) is 21.1 Å². The van der Waals surface area contributed by atoms with Crippen molar-refractivity contribution in [3.63, 3.8) is 0 Å². The Morgan fingerprint density at radius 2 is 1.18 bits per heavy atom. The predicted molar refractivity (Wildman–Crippen MR) is 81.0 cm³/mol. The summed E-state index contributed by atoms with van der Waals surface area (Å²) in [5, 5.41) is 19.4. The van der Waals surface area contributed by atoms with Gasteiger partial charge in [-0.2, -0.15) is 0 Å².